The molecular formula is C9H15NS. The molecule has 0 aliphatic rings. The lowest BCUT2D eigenvalue weighted by Gasteiger charge is -1.92. The third-order valence-electron chi connectivity index (χ3n) is 1.28. The first-order valence-corrected chi connectivity index (χ1v) is 4.23. The van der Waals surface area contributed by atoms with Crippen molar-refractivity contribution in [3.63, 3.8) is 0 Å². The molecule has 11 heavy (non-hydrogen) atoms. The van der Waals surface area contributed by atoms with Crippen LogP contribution in [0.5, 0.6) is 0 Å². The van der Waals surface area contributed by atoms with Gasteiger partial charge in [0.15, 0.2) is 0 Å². The average Bonchev–Trinajstić information content (AvgIpc) is 2.00. The van der Waals surface area contributed by atoms with Crippen LogP contribution in [0.3, 0.4) is 0 Å². The maximum atomic E-state index is 6.88. The molecule has 0 unspecified atom stereocenters. The van der Waals surface area contributed by atoms with E-state index in [1.165, 1.54) is 11.8 Å². The van der Waals surface area contributed by atoms with Crippen molar-refractivity contribution in [2.75, 3.05) is 0 Å². The van der Waals surface area contributed by atoms with Crippen LogP contribution in [0.15, 0.2) is 22.6 Å². The van der Waals surface area contributed by atoms with Gasteiger partial charge in [0.1, 0.15) is 0 Å². The fourth-order valence-corrected chi connectivity index (χ4v) is 0.909. The summed E-state index contributed by atoms with van der Waals surface area (Å²) in [6, 6.07) is 0. The van der Waals surface area contributed by atoms with E-state index >= 15 is 0 Å². The molecule has 62 valence electrons. The summed E-state index contributed by atoms with van der Waals surface area (Å²) >= 11 is 4.07. The first-order chi connectivity index (χ1) is 5.20. The van der Waals surface area contributed by atoms with Crippen LogP contribution in [-0.4, -0.2) is 6.21 Å². The van der Waals surface area contributed by atoms with Crippen LogP contribution >= 0.6 is 12.6 Å². The van der Waals surface area contributed by atoms with Crippen molar-refractivity contribution in [2.45, 2.75) is 26.7 Å². The van der Waals surface area contributed by atoms with Crippen LogP contribution in [0.2, 0.25) is 0 Å². The van der Waals surface area contributed by atoms with Crippen molar-refractivity contribution < 1.29 is 0 Å². The topological polar surface area (TPSA) is 23.9 Å². The van der Waals surface area contributed by atoms with Crippen molar-refractivity contribution in [1.82, 2.24) is 0 Å². The maximum absolute atomic E-state index is 6.88. The van der Waals surface area contributed by atoms with Gasteiger partial charge in [-0.2, -0.15) is 0 Å². The van der Waals surface area contributed by atoms with E-state index in [1.807, 2.05) is 13.0 Å². The van der Waals surface area contributed by atoms with Gasteiger partial charge in [0, 0.05) is 11.1 Å². The molecule has 0 spiro atoms. The highest BCUT2D eigenvalue weighted by Gasteiger charge is 1.84. The molecule has 1 N–H and O–H groups in total. The Balaban J connectivity index is 4.03. The summed E-state index contributed by atoms with van der Waals surface area (Å²) < 4.78 is 0. The van der Waals surface area contributed by atoms with Gasteiger partial charge in [-0.15, -0.1) is 12.6 Å². The Morgan fingerprint density at radius 2 is 2.18 bits per heavy atom. The van der Waals surface area contributed by atoms with Crippen molar-refractivity contribution in [3.8, 4) is 0 Å². The second kappa shape index (κ2) is 6.23. The molecule has 0 aliphatic carbocycles. The Labute approximate surface area is 74.1 Å². The van der Waals surface area contributed by atoms with E-state index in [0.29, 0.717) is 4.91 Å². The van der Waals surface area contributed by atoms with Crippen LogP contribution in [0.1, 0.15) is 26.7 Å². The summed E-state index contributed by atoms with van der Waals surface area (Å²) in [5.41, 5.74) is 1.18. The molecule has 0 radical (unpaired) electrons. The summed E-state index contributed by atoms with van der Waals surface area (Å²) in [4.78, 5) is 0.704. The second-order valence-corrected chi connectivity index (χ2v) is 2.97. The number of hydrogen-bond donors (Lipinski definition) is 2. The fraction of sp³-hybridized carbons (Fsp3) is 0.444. The zero-order valence-corrected chi connectivity index (χ0v) is 7.99. The molecule has 0 rings (SSSR count). The zero-order valence-electron chi connectivity index (χ0n) is 7.09. The van der Waals surface area contributed by atoms with Gasteiger partial charge in [-0.1, -0.05) is 25.0 Å². The summed E-state index contributed by atoms with van der Waals surface area (Å²) in [6.45, 7) is 4.17. The van der Waals surface area contributed by atoms with Crippen LogP contribution in [0.25, 0.3) is 0 Å². The molecule has 0 amide bonds. The minimum absolute atomic E-state index is 0.704. The predicted molar refractivity (Wildman–Crippen MR) is 54.5 cm³/mol. The zero-order chi connectivity index (χ0) is 8.69. The average molecular weight is 169 g/mol. The van der Waals surface area contributed by atoms with Crippen molar-refractivity contribution in [2.24, 2.45) is 0 Å². The Bertz CT molecular complexity index is 180. The SMILES string of the molecule is CCC/C=C(C)\C=C(\S)C=N. The highest BCUT2D eigenvalue weighted by Crippen LogP contribution is 2.05. The lowest BCUT2D eigenvalue weighted by molar-refractivity contribution is 0.952. The van der Waals surface area contributed by atoms with Gasteiger partial charge in [-0.25, -0.2) is 0 Å². The number of rotatable bonds is 4. The van der Waals surface area contributed by atoms with E-state index in [1.54, 1.807) is 0 Å². The van der Waals surface area contributed by atoms with Gasteiger partial charge in [0.05, 0.1) is 0 Å². The molecule has 0 aromatic carbocycles. The van der Waals surface area contributed by atoms with Gasteiger partial charge in [-0.3, -0.25) is 0 Å². The smallest absolute Gasteiger partial charge is 0.0311 e. The number of nitrogens with one attached hydrogen (secondary N) is 1. The Morgan fingerprint density at radius 3 is 2.64 bits per heavy atom. The first kappa shape index (κ1) is 10.5. The van der Waals surface area contributed by atoms with E-state index in [2.05, 4.69) is 25.6 Å². The number of allylic oxidation sites excluding steroid dienone is 4. The molecule has 0 saturated carbocycles. The normalized spacial score (nSPS) is 13.4. The summed E-state index contributed by atoms with van der Waals surface area (Å²) in [7, 11) is 0. The van der Waals surface area contributed by atoms with E-state index in [4.69, 9.17) is 5.41 Å². The van der Waals surface area contributed by atoms with E-state index < -0.39 is 0 Å². The molecule has 0 fully saturated rings. The van der Waals surface area contributed by atoms with Gasteiger partial charge in [0.2, 0.25) is 0 Å². The standard InChI is InChI=1S/C9H15NS/c1-3-4-5-8(2)6-9(11)7-10/h5-7,10-11H,3-4H2,1-2H3/b8-5-,9-6+,10-7?. The predicted octanol–water partition coefficient (Wildman–Crippen LogP) is 3.20. The molecule has 1 nitrogen and oxygen atoms in total. The third-order valence-corrected chi connectivity index (χ3v) is 1.54. The molecule has 0 aliphatic heterocycles. The Hall–Kier alpha value is -0.500. The van der Waals surface area contributed by atoms with Crippen LogP contribution < -0.4 is 0 Å². The van der Waals surface area contributed by atoms with E-state index in [0.717, 1.165) is 12.8 Å². The van der Waals surface area contributed by atoms with Gasteiger partial charge in [-0.05, 0) is 19.4 Å². The Morgan fingerprint density at radius 1 is 1.55 bits per heavy atom. The molecular weight excluding hydrogens is 154 g/mol. The largest absolute Gasteiger partial charge is 0.308 e. The van der Waals surface area contributed by atoms with Crippen molar-refractivity contribution in [1.29, 1.82) is 5.41 Å². The van der Waals surface area contributed by atoms with E-state index in [-0.39, 0.29) is 0 Å². The van der Waals surface area contributed by atoms with Crippen molar-refractivity contribution in [3.05, 3.63) is 22.6 Å². The van der Waals surface area contributed by atoms with E-state index in [9.17, 15) is 0 Å². The minimum atomic E-state index is 0.704. The highest BCUT2D eigenvalue weighted by atomic mass is 32.1. The number of thiol groups is 1. The lowest BCUT2D eigenvalue weighted by Crippen LogP contribution is -1.74. The minimum Gasteiger partial charge on any atom is -0.308 e. The maximum Gasteiger partial charge on any atom is 0.0311 e. The molecule has 0 saturated heterocycles. The van der Waals surface area contributed by atoms with Gasteiger partial charge in [0.25, 0.3) is 0 Å². The number of hydrogen-bond acceptors (Lipinski definition) is 2. The molecule has 0 aromatic heterocycles. The molecule has 2 heteroatoms. The Kier molecular flexibility index (Phi) is 5.94. The molecule has 0 atom stereocenters. The first-order valence-electron chi connectivity index (χ1n) is 3.78. The monoisotopic (exact) mass is 169 g/mol. The van der Waals surface area contributed by atoms with Crippen LogP contribution in [-0.2, 0) is 0 Å². The summed E-state index contributed by atoms with van der Waals surface area (Å²) in [6.07, 6.45) is 7.55. The molecule has 0 bridgehead atoms. The van der Waals surface area contributed by atoms with Crippen molar-refractivity contribution >= 4 is 18.8 Å². The summed E-state index contributed by atoms with van der Waals surface area (Å²) in [5.74, 6) is 0. The fourth-order valence-electron chi connectivity index (χ4n) is 0.706. The molecule has 0 heterocycles. The van der Waals surface area contributed by atoms with Crippen LogP contribution in [0.4, 0.5) is 0 Å². The lowest BCUT2D eigenvalue weighted by atomic mass is 10.2. The third kappa shape index (κ3) is 5.92. The highest BCUT2D eigenvalue weighted by molar-refractivity contribution is 7.85. The van der Waals surface area contributed by atoms with Crippen LogP contribution in [0, 0.1) is 5.41 Å². The molecule has 0 aromatic rings. The van der Waals surface area contributed by atoms with Gasteiger partial charge >= 0.3 is 0 Å². The summed E-state index contributed by atoms with van der Waals surface area (Å²) in [5, 5.41) is 6.88. The quantitative estimate of drug-likeness (QED) is 0.367. The second-order valence-electron chi connectivity index (χ2n) is 2.45. The van der Waals surface area contributed by atoms with Gasteiger partial charge < -0.3 is 5.41 Å². The number of unbranched alkanes of at least 4 members (excludes halogenated alkanes) is 1.